The normalized spacial score (nSPS) is 23.8. The summed E-state index contributed by atoms with van der Waals surface area (Å²) in [6.45, 7) is 5.72. The molecule has 1 heterocycles. The number of likely N-dealkylation sites (tertiary alicyclic amines) is 1. The molecular weight excluding hydrogens is 152 g/mol. The van der Waals surface area contributed by atoms with Gasteiger partial charge in [-0.2, -0.15) is 0 Å². The van der Waals surface area contributed by atoms with Crippen molar-refractivity contribution in [3.05, 3.63) is 0 Å². The molecule has 1 N–H and O–H groups in total. The van der Waals surface area contributed by atoms with Crippen LogP contribution in [0.3, 0.4) is 0 Å². The number of amides is 2. The van der Waals surface area contributed by atoms with Crippen LogP contribution in [-0.4, -0.2) is 30.1 Å². The number of nitrogens with one attached hydrogen (secondary N) is 1. The zero-order valence-electron chi connectivity index (χ0n) is 7.97. The predicted octanol–water partition coefficient (Wildman–Crippen LogP) is 1.59. The van der Waals surface area contributed by atoms with Crippen molar-refractivity contribution in [3.63, 3.8) is 0 Å². The van der Waals surface area contributed by atoms with Crippen LogP contribution in [0.5, 0.6) is 0 Å². The van der Waals surface area contributed by atoms with Crippen LogP contribution in [0.15, 0.2) is 0 Å². The maximum Gasteiger partial charge on any atom is 0.317 e. The molecule has 1 rings (SSSR count). The van der Waals surface area contributed by atoms with E-state index in [9.17, 15) is 4.79 Å². The summed E-state index contributed by atoms with van der Waals surface area (Å²) in [6.07, 6.45) is 3.57. The molecule has 0 saturated carbocycles. The van der Waals surface area contributed by atoms with Crippen molar-refractivity contribution in [1.82, 2.24) is 10.2 Å². The van der Waals surface area contributed by atoms with Crippen molar-refractivity contribution in [3.8, 4) is 0 Å². The van der Waals surface area contributed by atoms with Crippen LogP contribution in [0.2, 0.25) is 0 Å². The van der Waals surface area contributed by atoms with E-state index in [2.05, 4.69) is 12.2 Å². The van der Waals surface area contributed by atoms with Gasteiger partial charge in [0.1, 0.15) is 0 Å². The average Bonchev–Trinajstić information content (AvgIpc) is 2.05. The molecule has 3 nitrogen and oxygen atoms in total. The Balaban J connectivity index is 2.42. The van der Waals surface area contributed by atoms with E-state index < -0.39 is 0 Å². The first-order chi connectivity index (χ1) is 5.75. The lowest BCUT2D eigenvalue weighted by Crippen LogP contribution is -2.47. The number of nitrogens with zero attached hydrogens (tertiary/aromatic N) is 1. The predicted molar refractivity (Wildman–Crippen MR) is 49.1 cm³/mol. The molecule has 70 valence electrons. The minimum absolute atomic E-state index is 0.102. The molecule has 0 spiro atoms. The molecule has 0 aliphatic carbocycles. The van der Waals surface area contributed by atoms with Crippen LogP contribution in [-0.2, 0) is 0 Å². The number of urea groups is 1. The monoisotopic (exact) mass is 170 g/mol. The Morgan fingerprint density at radius 2 is 2.33 bits per heavy atom. The van der Waals surface area contributed by atoms with Gasteiger partial charge in [0.05, 0.1) is 0 Å². The summed E-state index contributed by atoms with van der Waals surface area (Å²) in [4.78, 5) is 13.4. The fourth-order valence-corrected chi connectivity index (χ4v) is 1.65. The topological polar surface area (TPSA) is 32.3 Å². The van der Waals surface area contributed by atoms with Crippen molar-refractivity contribution < 1.29 is 4.79 Å². The fourth-order valence-electron chi connectivity index (χ4n) is 1.65. The van der Waals surface area contributed by atoms with E-state index in [0.29, 0.717) is 6.04 Å². The van der Waals surface area contributed by atoms with Crippen molar-refractivity contribution in [2.45, 2.75) is 39.2 Å². The molecule has 0 bridgehead atoms. The standard InChI is InChI=1S/C9H18N2O/c1-3-10-9(12)11-7-5-4-6-8(11)2/h8H,3-7H2,1-2H3,(H,10,12). The van der Waals surface area contributed by atoms with Gasteiger partial charge in [-0.1, -0.05) is 0 Å². The van der Waals surface area contributed by atoms with Crippen molar-refractivity contribution in [2.75, 3.05) is 13.1 Å². The highest BCUT2D eigenvalue weighted by Gasteiger charge is 2.21. The van der Waals surface area contributed by atoms with Crippen LogP contribution >= 0.6 is 0 Å². The van der Waals surface area contributed by atoms with E-state index in [4.69, 9.17) is 0 Å². The third-order valence-corrected chi connectivity index (χ3v) is 2.39. The van der Waals surface area contributed by atoms with E-state index in [-0.39, 0.29) is 6.03 Å². The molecular formula is C9H18N2O. The minimum atomic E-state index is 0.102. The summed E-state index contributed by atoms with van der Waals surface area (Å²) in [5, 5.41) is 2.83. The summed E-state index contributed by atoms with van der Waals surface area (Å²) in [7, 11) is 0. The Bertz CT molecular complexity index is 159. The summed E-state index contributed by atoms with van der Waals surface area (Å²) >= 11 is 0. The Hall–Kier alpha value is -0.730. The van der Waals surface area contributed by atoms with Crippen molar-refractivity contribution >= 4 is 6.03 Å². The maximum absolute atomic E-state index is 11.4. The lowest BCUT2D eigenvalue weighted by molar-refractivity contribution is 0.158. The van der Waals surface area contributed by atoms with Gasteiger partial charge in [-0.05, 0) is 33.1 Å². The Labute approximate surface area is 74.1 Å². The first-order valence-electron chi connectivity index (χ1n) is 4.80. The lowest BCUT2D eigenvalue weighted by Gasteiger charge is -2.33. The molecule has 0 aromatic rings. The maximum atomic E-state index is 11.4. The summed E-state index contributed by atoms with van der Waals surface area (Å²) in [6, 6.07) is 0.523. The van der Waals surface area contributed by atoms with E-state index in [1.54, 1.807) is 0 Å². The van der Waals surface area contributed by atoms with Gasteiger partial charge in [-0.25, -0.2) is 4.79 Å². The molecule has 1 aliphatic heterocycles. The third kappa shape index (κ3) is 2.13. The van der Waals surface area contributed by atoms with Gasteiger partial charge in [-0.3, -0.25) is 0 Å². The van der Waals surface area contributed by atoms with Crippen LogP contribution in [0.4, 0.5) is 4.79 Å². The van der Waals surface area contributed by atoms with E-state index in [1.165, 1.54) is 6.42 Å². The van der Waals surface area contributed by atoms with Crippen LogP contribution in [0.1, 0.15) is 33.1 Å². The SMILES string of the molecule is CCNC(=O)N1CCCCC1C. The van der Waals surface area contributed by atoms with Crippen LogP contribution < -0.4 is 5.32 Å². The molecule has 0 aromatic heterocycles. The molecule has 3 heteroatoms. The number of carbonyl (C=O) groups is 1. The summed E-state index contributed by atoms with van der Waals surface area (Å²) < 4.78 is 0. The number of rotatable bonds is 1. The molecule has 12 heavy (non-hydrogen) atoms. The van der Waals surface area contributed by atoms with Gasteiger partial charge in [0.25, 0.3) is 0 Å². The zero-order chi connectivity index (χ0) is 8.97. The number of piperidine rings is 1. The van der Waals surface area contributed by atoms with Crippen LogP contribution in [0, 0.1) is 0 Å². The molecule has 1 saturated heterocycles. The molecule has 0 aromatic carbocycles. The van der Waals surface area contributed by atoms with Gasteiger partial charge in [-0.15, -0.1) is 0 Å². The molecule has 2 amide bonds. The van der Waals surface area contributed by atoms with Gasteiger partial charge < -0.3 is 10.2 Å². The molecule has 1 aliphatic rings. The number of carbonyl (C=O) groups excluding carboxylic acids is 1. The molecule has 1 fully saturated rings. The fraction of sp³-hybridized carbons (Fsp3) is 0.889. The molecule has 1 atom stereocenters. The van der Waals surface area contributed by atoms with E-state index in [0.717, 1.165) is 25.9 Å². The van der Waals surface area contributed by atoms with Gasteiger partial charge >= 0.3 is 6.03 Å². The zero-order valence-corrected chi connectivity index (χ0v) is 7.97. The average molecular weight is 170 g/mol. The van der Waals surface area contributed by atoms with Crippen molar-refractivity contribution in [1.29, 1.82) is 0 Å². The summed E-state index contributed by atoms with van der Waals surface area (Å²) in [5.41, 5.74) is 0. The smallest absolute Gasteiger partial charge is 0.317 e. The second kappa shape index (κ2) is 4.33. The quantitative estimate of drug-likeness (QED) is 0.637. The Kier molecular flexibility index (Phi) is 3.38. The summed E-state index contributed by atoms with van der Waals surface area (Å²) in [5.74, 6) is 0. The van der Waals surface area contributed by atoms with E-state index >= 15 is 0 Å². The second-order valence-electron chi connectivity index (χ2n) is 3.37. The third-order valence-electron chi connectivity index (χ3n) is 2.39. The second-order valence-corrected chi connectivity index (χ2v) is 3.37. The number of hydrogen-bond acceptors (Lipinski definition) is 1. The van der Waals surface area contributed by atoms with Gasteiger partial charge in [0.15, 0.2) is 0 Å². The Morgan fingerprint density at radius 1 is 1.58 bits per heavy atom. The molecule has 0 radical (unpaired) electrons. The highest BCUT2D eigenvalue weighted by molar-refractivity contribution is 5.74. The van der Waals surface area contributed by atoms with Crippen LogP contribution in [0.25, 0.3) is 0 Å². The first-order valence-corrected chi connectivity index (χ1v) is 4.80. The number of hydrogen-bond donors (Lipinski definition) is 1. The molecule has 1 unspecified atom stereocenters. The minimum Gasteiger partial charge on any atom is -0.338 e. The Morgan fingerprint density at radius 3 is 2.92 bits per heavy atom. The van der Waals surface area contributed by atoms with Crippen molar-refractivity contribution in [2.24, 2.45) is 0 Å². The van der Waals surface area contributed by atoms with Gasteiger partial charge in [0.2, 0.25) is 0 Å². The highest BCUT2D eigenvalue weighted by atomic mass is 16.2. The highest BCUT2D eigenvalue weighted by Crippen LogP contribution is 2.15. The first kappa shape index (κ1) is 9.36. The van der Waals surface area contributed by atoms with E-state index in [1.807, 2.05) is 11.8 Å². The van der Waals surface area contributed by atoms with Gasteiger partial charge in [0, 0.05) is 19.1 Å². The lowest BCUT2D eigenvalue weighted by atomic mass is 10.0. The largest absolute Gasteiger partial charge is 0.338 e.